The number of benzene rings is 2. The van der Waals surface area contributed by atoms with E-state index in [4.69, 9.17) is 4.74 Å². The van der Waals surface area contributed by atoms with Gasteiger partial charge in [-0.25, -0.2) is 12.8 Å². The summed E-state index contributed by atoms with van der Waals surface area (Å²) in [6.45, 7) is 1.01. The summed E-state index contributed by atoms with van der Waals surface area (Å²) < 4.78 is 43.5. The molecule has 9 heteroatoms. The van der Waals surface area contributed by atoms with Crippen molar-refractivity contribution < 1.29 is 27.4 Å². The van der Waals surface area contributed by atoms with Crippen molar-refractivity contribution in [3.8, 4) is 5.75 Å². The molecular formula is C18H21FN2O5S. The summed E-state index contributed by atoms with van der Waals surface area (Å²) >= 11 is 0. The average Bonchev–Trinajstić information content (AvgIpc) is 2.58. The monoisotopic (exact) mass is 396 g/mol. The summed E-state index contributed by atoms with van der Waals surface area (Å²) in [5, 5.41) is 12.8. The molecule has 1 atom stereocenters. The highest BCUT2D eigenvalue weighted by atomic mass is 32.2. The molecule has 0 aliphatic carbocycles. The lowest BCUT2D eigenvalue weighted by atomic mass is 10.3. The van der Waals surface area contributed by atoms with Gasteiger partial charge < -0.3 is 15.2 Å². The number of nitrogens with one attached hydrogen (secondary N) is 1. The van der Waals surface area contributed by atoms with Gasteiger partial charge >= 0.3 is 0 Å². The van der Waals surface area contributed by atoms with E-state index < -0.39 is 21.9 Å². The fourth-order valence-corrected chi connectivity index (χ4v) is 3.26. The van der Waals surface area contributed by atoms with E-state index in [1.165, 1.54) is 19.1 Å². The largest absolute Gasteiger partial charge is 0.491 e. The van der Waals surface area contributed by atoms with Gasteiger partial charge in [0.2, 0.25) is 15.9 Å². The summed E-state index contributed by atoms with van der Waals surface area (Å²) in [5.74, 6) is -0.226. The first-order valence-corrected chi connectivity index (χ1v) is 9.92. The van der Waals surface area contributed by atoms with Crippen molar-refractivity contribution in [2.75, 3.05) is 29.0 Å². The zero-order valence-corrected chi connectivity index (χ0v) is 15.7. The van der Waals surface area contributed by atoms with Gasteiger partial charge in [0.1, 0.15) is 24.3 Å². The molecule has 2 N–H and O–H groups in total. The molecule has 146 valence electrons. The molecule has 0 saturated heterocycles. The van der Waals surface area contributed by atoms with E-state index in [-0.39, 0.29) is 24.7 Å². The van der Waals surface area contributed by atoms with Crippen molar-refractivity contribution in [3.05, 3.63) is 54.3 Å². The van der Waals surface area contributed by atoms with Crippen LogP contribution in [0.1, 0.15) is 6.92 Å². The summed E-state index contributed by atoms with van der Waals surface area (Å²) in [6.07, 6.45) is -0.107. The van der Waals surface area contributed by atoms with Crippen LogP contribution in [0.15, 0.2) is 48.5 Å². The molecule has 2 rings (SSSR count). The molecule has 0 aromatic heterocycles. The molecule has 0 spiro atoms. The van der Waals surface area contributed by atoms with Crippen LogP contribution < -0.4 is 14.4 Å². The Morgan fingerprint density at radius 1 is 1.19 bits per heavy atom. The number of ether oxygens (including phenoxy) is 1. The number of hydrogen-bond acceptors (Lipinski definition) is 5. The Labute approximate surface area is 157 Å². The first-order valence-electron chi connectivity index (χ1n) is 8.07. The Kier molecular flexibility index (Phi) is 6.75. The van der Waals surface area contributed by atoms with Gasteiger partial charge in [-0.15, -0.1) is 0 Å². The van der Waals surface area contributed by atoms with Crippen LogP contribution in [0.25, 0.3) is 0 Å². The van der Waals surface area contributed by atoms with E-state index in [0.29, 0.717) is 11.4 Å². The van der Waals surface area contributed by atoms with Crippen molar-refractivity contribution in [2.24, 2.45) is 0 Å². The maximum Gasteiger partial charge on any atom is 0.232 e. The number of aliphatic hydroxyl groups excluding tert-OH is 1. The SMILES string of the molecule is CC(=O)Nc1ccc(OC[C@@H](O)CN(c2ccc(F)cc2)S(C)(=O)=O)cc1. The highest BCUT2D eigenvalue weighted by Crippen LogP contribution is 2.19. The second kappa shape index (κ2) is 8.83. The molecule has 0 saturated carbocycles. The van der Waals surface area contributed by atoms with Crippen LogP contribution in [-0.4, -0.2) is 44.9 Å². The maximum atomic E-state index is 13.1. The van der Waals surface area contributed by atoms with Gasteiger partial charge in [0.05, 0.1) is 18.5 Å². The number of halogens is 1. The molecule has 1 amide bonds. The third kappa shape index (κ3) is 6.54. The predicted octanol–water partition coefficient (Wildman–Crippen LogP) is 1.99. The molecule has 0 radical (unpaired) electrons. The first kappa shape index (κ1) is 20.7. The lowest BCUT2D eigenvalue weighted by molar-refractivity contribution is -0.114. The second-order valence-electron chi connectivity index (χ2n) is 5.94. The van der Waals surface area contributed by atoms with Crippen LogP contribution in [0, 0.1) is 5.82 Å². The quantitative estimate of drug-likeness (QED) is 0.711. The van der Waals surface area contributed by atoms with Crippen LogP contribution in [0.4, 0.5) is 15.8 Å². The Morgan fingerprint density at radius 3 is 2.30 bits per heavy atom. The van der Waals surface area contributed by atoms with Crippen molar-refractivity contribution in [3.63, 3.8) is 0 Å². The highest BCUT2D eigenvalue weighted by molar-refractivity contribution is 7.92. The fourth-order valence-electron chi connectivity index (χ4n) is 2.31. The lowest BCUT2D eigenvalue weighted by Gasteiger charge is -2.25. The van der Waals surface area contributed by atoms with Crippen LogP contribution >= 0.6 is 0 Å². The molecule has 7 nitrogen and oxygen atoms in total. The minimum atomic E-state index is -3.67. The molecule has 0 fully saturated rings. The molecule has 27 heavy (non-hydrogen) atoms. The number of carbonyl (C=O) groups excluding carboxylic acids is 1. The van der Waals surface area contributed by atoms with Crippen molar-refractivity contribution >= 4 is 27.3 Å². The van der Waals surface area contributed by atoms with E-state index in [1.54, 1.807) is 24.3 Å². The van der Waals surface area contributed by atoms with Gasteiger partial charge in [0.15, 0.2) is 0 Å². The normalized spacial score (nSPS) is 12.3. The number of aliphatic hydroxyl groups is 1. The maximum absolute atomic E-state index is 13.1. The van der Waals surface area contributed by atoms with Gasteiger partial charge in [-0.05, 0) is 48.5 Å². The minimum absolute atomic E-state index is 0.146. The Bertz CT molecular complexity index is 870. The number of hydrogen-bond donors (Lipinski definition) is 2. The number of carbonyl (C=O) groups is 1. The van der Waals surface area contributed by atoms with E-state index in [1.807, 2.05) is 0 Å². The average molecular weight is 396 g/mol. The summed E-state index contributed by atoms with van der Waals surface area (Å²) in [4.78, 5) is 11.0. The predicted molar refractivity (Wildman–Crippen MR) is 101 cm³/mol. The van der Waals surface area contributed by atoms with Gasteiger partial charge in [0.25, 0.3) is 0 Å². The Balaban J connectivity index is 1.98. The number of anilines is 2. The molecule has 2 aromatic carbocycles. The Hall–Kier alpha value is -2.65. The fraction of sp³-hybridized carbons (Fsp3) is 0.278. The summed E-state index contributed by atoms with van der Waals surface area (Å²) in [5.41, 5.74) is 0.854. The number of sulfonamides is 1. The van der Waals surface area contributed by atoms with Crippen LogP contribution in [0.2, 0.25) is 0 Å². The van der Waals surface area contributed by atoms with Gasteiger partial charge in [0, 0.05) is 12.6 Å². The zero-order valence-electron chi connectivity index (χ0n) is 14.9. The minimum Gasteiger partial charge on any atom is -0.491 e. The molecular weight excluding hydrogens is 375 g/mol. The van der Waals surface area contributed by atoms with Crippen molar-refractivity contribution in [1.29, 1.82) is 0 Å². The van der Waals surface area contributed by atoms with Crippen molar-refractivity contribution in [2.45, 2.75) is 13.0 Å². The molecule has 2 aromatic rings. The van der Waals surface area contributed by atoms with E-state index in [9.17, 15) is 22.7 Å². The van der Waals surface area contributed by atoms with Gasteiger partial charge in [-0.1, -0.05) is 0 Å². The van der Waals surface area contributed by atoms with Crippen LogP contribution in [-0.2, 0) is 14.8 Å². The smallest absolute Gasteiger partial charge is 0.232 e. The highest BCUT2D eigenvalue weighted by Gasteiger charge is 2.21. The van der Waals surface area contributed by atoms with Crippen molar-refractivity contribution in [1.82, 2.24) is 0 Å². The molecule has 0 unspecified atom stereocenters. The lowest BCUT2D eigenvalue weighted by Crippen LogP contribution is -2.39. The number of amides is 1. The third-order valence-corrected chi connectivity index (χ3v) is 4.67. The van der Waals surface area contributed by atoms with E-state index in [0.717, 1.165) is 22.7 Å². The van der Waals surface area contributed by atoms with Crippen LogP contribution in [0.5, 0.6) is 5.75 Å². The van der Waals surface area contributed by atoms with E-state index in [2.05, 4.69) is 5.32 Å². The number of nitrogens with zero attached hydrogens (tertiary/aromatic N) is 1. The zero-order chi connectivity index (χ0) is 20.0. The Morgan fingerprint density at radius 2 is 1.78 bits per heavy atom. The van der Waals surface area contributed by atoms with Gasteiger partial charge in [-0.3, -0.25) is 9.10 Å². The molecule has 0 heterocycles. The third-order valence-electron chi connectivity index (χ3n) is 3.51. The number of rotatable bonds is 8. The second-order valence-corrected chi connectivity index (χ2v) is 7.85. The molecule has 0 aliphatic heterocycles. The summed E-state index contributed by atoms with van der Waals surface area (Å²) in [6, 6.07) is 11.5. The first-order chi connectivity index (χ1) is 12.6. The van der Waals surface area contributed by atoms with Crippen LogP contribution in [0.3, 0.4) is 0 Å². The van der Waals surface area contributed by atoms with Gasteiger partial charge in [-0.2, -0.15) is 0 Å². The summed E-state index contributed by atoms with van der Waals surface area (Å²) in [7, 11) is -3.67. The topological polar surface area (TPSA) is 95.9 Å². The molecule has 0 aliphatic rings. The standard InChI is InChI=1S/C18H21FN2O5S/c1-13(22)20-15-5-9-18(10-6-15)26-12-17(23)11-21(27(2,24)25)16-7-3-14(19)4-8-16/h3-10,17,23H,11-12H2,1-2H3,(H,20,22)/t17-/m0/s1. The van der Waals surface area contributed by atoms with E-state index >= 15 is 0 Å². The molecule has 0 bridgehead atoms.